The summed E-state index contributed by atoms with van der Waals surface area (Å²) in [5.74, 6) is -1.73. The smallest absolute Gasteiger partial charge is 0.283 e. The first-order valence-electron chi connectivity index (χ1n) is 9.35. The van der Waals surface area contributed by atoms with E-state index in [4.69, 9.17) is 23.2 Å². The molecule has 160 valence electrons. The fraction of sp³-hybridized carbons (Fsp3) is 0. The lowest BCUT2D eigenvalue weighted by molar-refractivity contribution is -0.120. The molecule has 0 radical (unpaired) electrons. The zero-order chi connectivity index (χ0) is 22.8. The number of carbonyl (C=O) groups is 3. The third-order valence-electron chi connectivity index (χ3n) is 4.68. The van der Waals surface area contributed by atoms with Crippen molar-refractivity contribution in [1.82, 2.24) is 0 Å². The number of hydrogen-bond donors (Lipinski definition) is 3. The van der Waals surface area contributed by atoms with Crippen LogP contribution in [0.3, 0.4) is 0 Å². The van der Waals surface area contributed by atoms with E-state index < -0.39 is 17.7 Å². The van der Waals surface area contributed by atoms with Crippen LogP contribution < -0.4 is 15.5 Å². The molecule has 0 atom stereocenters. The maximum Gasteiger partial charge on any atom is 0.283 e. The van der Waals surface area contributed by atoms with Crippen molar-refractivity contribution in [3.63, 3.8) is 0 Å². The van der Waals surface area contributed by atoms with Crippen molar-refractivity contribution < 1.29 is 19.5 Å². The topological polar surface area (TPSA) is 98.7 Å². The number of phenolic OH excluding ortho intramolecular Hbond substituents is 1. The molecule has 0 aromatic heterocycles. The van der Waals surface area contributed by atoms with Crippen molar-refractivity contribution >= 4 is 58.0 Å². The second kappa shape index (κ2) is 8.74. The molecule has 0 aliphatic carbocycles. The summed E-state index contributed by atoms with van der Waals surface area (Å²) in [6.45, 7) is 0. The van der Waals surface area contributed by atoms with Crippen LogP contribution in [-0.2, 0) is 9.59 Å². The highest BCUT2D eigenvalue weighted by Gasteiger charge is 2.38. The van der Waals surface area contributed by atoms with Gasteiger partial charge in [0.15, 0.2) is 0 Å². The van der Waals surface area contributed by atoms with Gasteiger partial charge in [-0.3, -0.25) is 14.4 Å². The summed E-state index contributed by atoms with van der Waals surface area (Å²) >= 11 is 12.0. The number of halogens is 2. The Hall–Kier alpha value is -3.81. The second-order valence-electron chi connectivity index (χ2n) is 6.78. The third kappa shape index (κ3) is 4.16. The van der Waals surface area contributed by atoms with E-state index >= 15 is 0 Å². The summed E-state index contributed by atoms with van der Waals surface area (Å²) in [5.41, 5.74) is 1.34. The highest BCUT2D eigenvalue weighted by molar-refractivity contribution is 6.53. The Kier molecular flexibility index (Phi) is 5.85. The number of carbonyl (C=O) groups excluding carboxylic acids is 3. The van der Waals surface area contributed by atoms with Crippen LogP contribution in [0, 0.1) is 0 Å². The van der Waals surface area contributed by atoms with Crippen molar-refractivity contribution in [1.29, 1.82) is 0 Å². The number of amides is 3. The van der Waals surface area contributed by atoms with Gasteiger partial charge in [0.1, 0.15) is 16.5 Å². The number of rotatable bonds is 5. The van der Waals surface area contributed by atoms with Gasteiger partial charge in [0.2, 0.25) is 0 Å². The predicted octanol–water partition coefficient (Wildman–Crippen LogP) is 4.73. The standard InChI is InChI=1S/C23H15Cl2N3O4/c24-14-7-11-16(12-8-14)28-22(31)19(25)20(23(28)32)26-15-9-5-13(6-10-15)21(30)27-17-3-1-2-4-18(17)29/h1-12,26,29H,(H,27,30). The van der Waals surface area contributed by atoms with Crippen LogP contribution in [0.15, 0.2) is 83.5 Å². The van der Waals surface area contributed by atoms with E-state index in [-0.39, 0.29) is 22.2 Å². The van der Waals surface area contributed by atoms with Gasteiger partial charge in [0, 0.05) is 16.3 Å². The minimum atomic E-state index is -0.653. The van der Waals surface area contributed by atoms with Crippen molar-refractivity contribution in [3.05, 3.63) is 94.1 Å². The first-order chi connectivity index (χ1) is 15.3. The Bertz CT molecular complexity index is 1250. The number of imide groups is 1. The Balaban J connectivity index is 1.49. The maximum absolute atomic E-state index is 12.8. The number of para-hydroxylation sites is 2. The summed E-state index contributed by atoms with van der Waals surface area (Å²) in [7, 11) is 0. The van der Waals surface area contributed by atoms with Crippen molar-refractivity contribution in [3.8, 4) is 5.75 Å². The van der Waals surface area contributed by atoms with Crippen LogP contribution >= 0.6 is 23.2 Å². The number of aromatic hydroxyl groups is 1. The molecule has 4 rings (SSSR count). The van der Waals surface area contributed by atoms with Crippen molar-refractivity contribution in [2.45, 2.75) is 0 Å². The summed E-state index contributed by atoms with van der Waals surface area (Å²) < 4.78 is 0. The maximum atomic E-state index is 12.8. The molecule has 32 heavy (non-hydrogen) atoms. The molecule has 3 amide bonds. The zero-order valence-electron chi connectivity index (χ0n) is 16.3. The molecule has 9 heteroatoms. The molecule has 7 nitrogen and oxygen atoms in total. The number of phenols is 1. The highest BCUT2D eigenvalue weighted by Crippen LogP contribution is 2.31. The lowest BCUT2D eigenvalue weighted by Crippen LogP contribution is -2.32. The number of nitrogens with zero attached hydrogens (tertiary/aromatic N) is 1. The van der Waals surface area contributed by atoms with Crippen molar-refractivity contribution in [2.75, 3.05) is 15.5 Å². The Morgan fingerprint density at radius 1 is 0.844 bits per heavy atom. The van der Waals surface area contributed by atoms with Gasteiger partial charge in [-0.15, -0.1) is 0 Å². The molecule has 3 N–H and O–H groups in total. The summed E-state index contributed by atoms with van der Waals surface area (Å²) in [6, 6.07) is 18.8. The average molecular weight is 468 g/mol. The normalized spacial score (nSPS) is 13.5. The predicted molar refractivity (Wildman–Crippen MR) is 123 cm³/mol. The molecule has 0 saturated heterocycles. The van der Waals surface area contributed by atoms with E-state index in [0.29, 0.717) is 22.0 Å². The fourth-order valence-corrected chi connectivity index (χ4v) is 3.40. The van der Waals surface area contributed by atoms with E-state index in [1.165, 1.54) is 18.2 Å². The molecule has 3 aromatic rings. The molecule has 1 aliphatic heterocycles. The number of anilines is 3. The molecule has 1 heterocycles. The number of hydrogen-bond acceptors (Lipinski definition) is 5. The van der Waals surface area contributed by atoms with E-state index in [9.17, 15) is 19.5 Å². The van der Waals surface area contributed by atoms with Crippen molar-refractivity contribution in [2.24, 2.45) is 0 Å². The molecule has 0 saturated carbocycles. The van der Waals surface area contributed by atoms with Gasteiger partial charge < -0.3 is 15.7 Å². The largest absolute Gasteiger partial charge is 0.506 e. The first-order valence-corrected chi connectivity index (χ1v) is 10.1. The highest BCUT2D eigenvalue weighted by atomic mass is 35.5. The van der Waals surface area contributed by atoms with Gasteiger partial charge >= 0.3 is 0 Å². The van der Waals surface area contributed by atoms with Crippen LogP contribution in [0.1, 0.15) is 10.4 Å². The van der Waals surface area contributed by atoms with Gasteiger partial charge in [0.05, 0.1) is 11.4 Å². The minimum absolute atomic E-state index is 0.0460. The molecular formula is C23H15Cl2N3O4. The third-order valence-corrected chi connectivity index (χ3v) is 5.28. The molecule has 3 aromatic carbocycles. The molecule has 1 aliphatic rings. The number of nitrogens with one attached hydrogen (secondary N) is 2. The number of benzene rings is 3. The minimum Gasteiger partial charge on any atom is -0.506 e. The van der Waals surface area contributed by atoms with Gasteiger partial charge in [-0.2, -0.15) is 0 Å². The van der Waals surface area contributed by atoms with Gasteiger partial charge in [-0.1, -0.05) is 35.3 Å². The monoisotopic (exact) mass is 467 g/mol. The van der Waals surface area contributed by atoms with Crippen LogP contribution in [0.4, 0.5) is 17.1 Å². The first kappa shape index (κ1) is 21.4. The van der Waals surface area contributed by atoms with Crippen LogP contribution in [0.5, 0.6) is 5.75 Å². The van der Waals surface area contributed by atoms with Gasteiger partial charge in [-0.25, -0.2) is 4.90 Å². The van der Waals surface area contributed by atoms with Crippen LogP contribution in [0.25, 0.3) is 0 Å². The second-order valence-corrected chi connectivity index (χ2v) is 7.60. The quantitative estimate of drug-likeness (QED) is 0.372. The SMILES string of the molecule is O=C(Nc1ccccc1O)c1ccc(NC2=C(Cl)C(=O)N(c3ccc(Cl)cc3)C2=O)cc1. The van der Waals surface area contributed by atoms with E-state index in [2.05, 4.69) is 10.6 Å². The molecule has 0 unspecified atom stereocenters. The lowest BCUT2D eigenvalue weighted by Gasteiger charge is -2.15. The zero-order valence-corrected chi connectivity index (χ0v) is 17.8. The summed E-state index contributed by atoms with van der Waals surface area (Å²) in [6.07, 6.45) is 0. The van der Waals surface area contributed by atoms with Crippen LogP contribution in [0.2, 0.25) is 5.02 Å². The van der Waals surface area contributed by atoms with E-state index in [1.54, 1.807) is 54.6 Å². The molecular weight excluding hydrogens is 453 g/mol. The Morgan fingerprint density at radius 3 is 2.16 bits per heavy atom. The summed E-state index contributed by atoms with van der Waals surface area (Å²) in [4.78, 5) is 38.7. The fourth-order valence-electron chi connectivity index (χ4n) is 3.06. The van der Waals surface area contributed by atoms with Gasteiger partial charge in [0.25, 0.3) is 17.7 Å². The molecule has 0 bridgehead atoms. The Labute approximate surface area is 192 Å². The molecule has 0 fully saturated rings. The van der Waals surface area contributed by atoms with E-state index in [0.717, 1.165) is 4.90 Å². The van der Waals surface area contributed by atoms with Gasteiger partial charge in [-0.05, 0) is 60.7 Å². The Morgan fingerprint density at radius 2 is 1.50 bits per heavy atom. The van der Waals surface area contributed by atoms with E-state index in [1.807, 2.05) is 0 Å². The van der Waals surface area contributed by atoms with Crippen LogP contribution in [-0.4, -0.2) is 22.8 Å². The lowest BCUT2D eigenvalue weighted by atomic mass is 10.2. The average Bonchev–Trinajstić information content (AvgIpc) is 3.00. The summed E-state index contributed by atoms with van der Waals surface area (Å²) in [5, 5.41) is 15.5. The molecule has 0 spiro atoms.